The van der Waals surface area contributed by atoms with E-state index in [-0.39, 0.29) is 16.1 Å². The monoisotopic (exact) mass is 258 g/mol. The van der Waals surface area contributed by atoms with E-state index < -0.39 is 21.9 Å². The highest BCUT2D eigenvalue weighted by atomic mass is 32.2. The molecule has 0 aliphatic heterocycles. The van der Waals surface area contributed by atoms with E-state index in [0.717, 1.165) is 18.2 Å². The van der Waals surface area contributed by atoms with Gasteiger partial charge in [0, 0.05) is 6.92 Å². The normalized spacial score (nSPS) is 10.9. The SMILES string of the molecule is CC(=O)Nc1cc(C(=O)O)ccc1S(N)(=O)=O. The molecule has 0 saturated carbocycles. The number of amides is 1. The van der Waals surface area contributed by atoms with Gasteiger partial charge in [-0.1, -0.05) is 0 Å². The van der Waals surface area contributed by atoms with Crippen LogP contribution in [0, 0.1) is 0 Å². The van der Waals surface area contributed by atoms with Crippen molar-refractivity contribution in [3.63, 3.8) is 0 Å². The van der Waals surface area contributed by atoms with Crippen LogP contribution in [0.2, 0.25) is 0 Å². The van der Waals surface area contributed by atoms with Gasteiger partial charge in [-0.15, -0.1) is 0 Å². The minimum atomic E-state index is -4.03. The Hall–Kier alpha value is -1.93. The van der Waals surface area contributed by atoms with Gasteiger partial charge in [-0.05, 0) is 18.2 Å². The number of carboxylic acids is 1. The average Bonchev–Trinajstić information content (AvgIpc) is 2.14. The number of carbonyl (C=O) groups excluding carboxylic acids is 1. The van der Waals surface area contributed by atoms with E-state index in [2.05, 4.69) is 5.32 Å². The molecule has 0 radical (unpaired) electrons. The predicted molar refractivity (Wildman–Crippen MR) is 59.1 cm³/mol. The number of rotatable bonds is 3. The summed E-state index contributed by atoms with van der Waals surface area (Å²) in [5.41, 5.74) is -0.305. The number of carbonyl (C=O) groups is 2. The molecular weight excluding hydrogens is 248 g/mol. The summed E-state index contributed by atoms with van der Waals surface area (Å²) in [6.07, 6.45) is 0. The van der Waals surface area contributed by atoms with Crippen LogP contribution in [0.5, 0.6) is 0 Å². The highest BCUT2D eigenvalue weighted by Crippen LogP contribution is 2.21. The summed E-state index contributed by atoms with van der Waals surface area (Å²) in [7, 11) is -4.03. The smallest absolute Gasteiger partial charge is 0.335 e. The number of benzene rings is 1. The van der Waals surface area contributed by atoms with Crippen molar-refractivity contribution >= 4 is 27.6 Å². The topological polar surface area (TPSA) is 127 Å². The van der Waals surface area contributed by atoms with Crippen molar-refractivity contribution in [3.05, 3.63) is 23.8 Å². The number of nitrogens with one attached hydrogen (secondary N) is 1. The van der Waals surface area contributed by atoms with Gasteiger partial charge in [-0.25, -0.2) is 18.4 Å². The van der Waals surface area contributed by atoms with E-state index in [1.165, 1.54) is 6.92 Å². The summed E-state index contributed by atoms with van der Waals surface area (Å²) < 4.78 is 22.4. The van der Waals surface area contributed by atoms with Gasteiger partial charge in [0.05, 0.1) is 11.3 Å². The standard InChI is InChI=1S/C9H10N2O5S/c1-5(12)11-7-4-6(9(13)14)2-3-8(7)17(10,15)16/h2-4H,1H3,(H,11,12)(H,13,14)(H2,10,15,16). The third-order valence-electron chi connectivity index (χ3n) is 1.84. The molecule has 0 saturated heterocycles. The first-order valence-corrected chi connectivity index (χ1v) is 5.94. The lowest BCUT2D eigenvalue weighted by Crippen LogP contribution is -2.17. The van der Waals surface area contributed by atoms with Crippen molar-refractivity contribution in [2.45, 2.75) is 11.8 Å². The van der Waals surface area contributed by atoms with Crippen LogP contribution in [0.15, 0.2) is 23.1 Å². The van der Waals surface area contributed by atoms with Gasteiger partial charge in [0.2, 0.25) is 15.9 Å². The molecule has 0 atom stereocenters. The number of sulfonamides is 1. The summed E-state index contributed by atoms with van der Waals surface area (Å²) in [5, 5.41) is 15.9. The molecule has 1 amide bonds. The molecule has 0 fully saturated rings. The molecule has 1 rings (SSSR count). The molecule has 4 N–H and O–H groups in total. The van der Waals surface area contributed by atoms with Gasteiger partial charge in [0.15, 0.2) is 0 Å². The van der Waals surface area contributed by atoms with Gasteiger partial charge in [-0.3, -0.25) is 4.79 Å². The first-order valence-electron chi connectivity index (χ1n) is 4.39. The molecule has 0 unspecified atom stereocenters. The first kappa shape index (κ1) is 13.1. The fourth-order valence-corrected chi connectivity index (χ4v) is 1.87. The van der Waals surface area contributed by atoms with Crippen LogP contribution in [-0.2, 0) is 14.8 Å². The first-order chi connectivity index (χ1) is 7.71. The zero-order valence-electron chi connectivity index (χ0n) is 8.80. The summed E-state index contributed by atoms with van der Waals surface area (Å²) in [6, 6.07) is 3.15. The molecule has 0 spiro atoms. The quantitative estimate of drug-likeness (QED) is 0.702. The maximum atomic E-state index is 11.2. The van der Waals surface area contributed by atoms with E-state index in [1.54, 1.807) is 0 Å². The Bertz CT molecular complexity index is 579. The van der Waals surface area contributed by atoms with E-state index in [0.29, 0.717) is 0 Å². The van der Waals surface area contributed by atoms with Gasteiger partial charge >= 0.3 is 5.97 Å². The fraction of sp³-hybridized carbons (Fsp3) is 0.111. The van der Waals surface area contributed by atoms with Gasteiger partial charge in [0.25, 0.3) is 0 Å². The zero-order valence-corrected chi connectivity index (χ0v) is 9.61. The number of anilines is 1. The number of hydrogen-bond donors (Lipinski definition) is 3. The minimum Gasteiger partial charge on any atom is -0.478 e. The number of carboxylic acid groups (broad SMARTS) is 1. The number of primary sulfonamides is 1. The molecule has 1 aromatic carbocycles. The molecule has 0 heterocycles. The largest absolute Gasteiger partial charge is 0.478 e. The number of nitrogens with two attached hydrogens (primary N) is 1. The summed E-state index contributed by atoms with van der Waals surface area (Å²) >= 11 is 0. The Morgan fingerprint density at radius 1 is 1.35 bits per heavy atom. The molecule has 0 aliphatic rings. The Kier molecular flexibility index (Phi) is 3.49. The predicted octanol–water partition coefficient (Wildman–Crippen LogP) is -0.00940. The van der Waals surface area contributed by atoms with E-state index in [9.17, 15) is 18.0 Å². The Labute approximate surface area is 97.3 Å². The van der Waals surface area contributed by atoms with Crippen LogP contribution in [0.25, 0.3) is 0 Å². The Balaban J connectivity index is 3.42. The molecule has 8 heteroatoms. The van der Waals surface area contributed by atoms with Gasteiger partial charge in [-0.2, -0.15) is 0 Å². The third kappa shape index (κ3) is 3.26. The molecule has 17 heavy (non-hydrogen) atoms. The second kappa shape index (κ2) is 4.52. The van der Waals surface area contributed by atoms with Crippen molar-refractivity contribution in [2.75, 3.05) is 5.32 Å². The van der Waals surface area contributed by atoms with Gasteiger partial charge < -0.3 is 10.4 Å². The van der Waals surface area contributed by atoms with Crippen LogP contribution >= 0.6 is 0 Å². The third-order valence-corrected chi connectivity index (χ3v) is 2.81. The van der Waals surface area contributed by atoms with Crippen molar-refractivity contribution in [1.82, 2.24) is 0 Å². The van der Waals surface area contributed by atoms with Crippen LogP contribution in [-0.4, -0.2) is 25.4 Å². The maximum Gasteiger partial charge on any atom is 0.335 e. The lowest BCUT2D eigenvalue weighted by molar-refractivity contribution is -0.114. The summed E-state index contributed by atoms with van der Waals surface area (Å²) in [6.45, 7) is 1.17. The van der Waals surface area contributed by atoms with Crippen LogP contribution in [0.1, 0.15) is 17.3 Å². The molecular formula is C9H10N2O5S. The lowest BCUT2D eigenvalue weighted by Gasteiger charge is -2.08. The number of aromatic carboxylic acids is 1. The van der Waals surface area contributed by atoms with E-state index in [4.69, 9.17) is 10.2 Å². The summed E-state index contributed by atoms with van der Waals surface area (Å²) in [5.74, 6) is -1.77. The van der Waals surface area contributed by atoms with Crippen LogP contribution in [0.4, 0.5) is 5.69 Å². The Morgan fingerprint density at radius 2 is 1.94 bits per heavy atom. The van der Waals surface area contributed by atoms with Crippen molar-refractivity contribution in [2.24, 2.45) is 5.14 Å². The second-order valence-electron chi connectivity index (χ2n) is 3.24. The second-order valence-corrected chi connectivity index (χ2v) is 4.77. The maximum absolute atomic E-state index is 11.2. The van der Waals surface area contributed by atoms with E-state index in [1.807, 2.05) is 0 Å². The molecule has 0 aliphatic carbocycles. The molecule has 1 aromatic rings. The van der Waals surface area contributed by atoms with Crippen LogP contribution in [0.3, 0.4) is 0 Å². The molecule has 7 nitrogen and oxygen atoms in total. The lowest BCUT2D eigenvalue weighted by atomic mass is 10.2. The van der Waals surface area contributed by atoms with Crippen molar-refractivity contribution in [3.8, 4) is 0 Å². The number of hydrogen-bond acceptors (Lipinski definition) is 4. The molecule has 92 valence electrons. The van der Waals surface area contributed by atoms with Crippen molar-refractivity contribution < 1.29 is 23.1 Å². The molecule has 0 bridgehead atoms. The molecule has 0 aromatic heterocycles. The Morgan fingerprint density at radius 3 is 2.35 bits per heavy atom. The highest BCUT2D eigenvalue weighted by Gasteiger charge is 2.17. The van der Waals surface area contributed by atoms with Gasteiger partial charge in [0.1, 0.15) is 4.90 Å². The van der Waals surface area contributed by atoms with E-state index >= 15 is 0 Å². The highest BCUT2D eigenvalue weighted by molar-refractivity contribution is 7.89. The van der Waals surface area contributed by atoms with Crippen molar-refractivity contribution in [1.29, 1.82) is 0 Å². The summed E-state index contributed by atoms with van der Waals surface area (Å²) in [4.78, 5) is 21.3. The minimum absolute atomic E-state index is 0.152. The van der Waals surface area contributed by atoms with Crippen LogP contribution < -0.4 is 10.5 Å². The zero-order chi connectivity index (χ0) is 13.2. The fourth-order valence-electron chi connectivity index (χ4n) is 1.20. The average molecular weight is 258 g/mol.